The van der Waals surface area contributed by atoms with Gasteiger partial charge in [0, 0.05) is 17.7 Å². The lowest BCUT2D eigenvalue weighted by atomic mass is 10.1. The number of non-ortho nitro benzene ring substituents is 1. The van der Waals surface area contributed by atoms with E-state index in [1.165, 1.54) is 37.3 Å². The number of carbonyl (C=O) groups is 1. The van der Waals surface area contributed by atoms with Crippen LogP contribution in [0.15, 0.2) is 42.5 Å². The van der Waals surface area contributed by atoms with Crippen molar-refractivity contribution < 1.29 is 14.5 Å². The highest BCUT2D eigenvalue weighted by molar-refractivity contribution is 6.32. The highest BCUT2D eigenvalue weighted by Gasteiger charge is 2.09. The Morgan fingerprint density at radius 2 is 1.85 bits per heavy atom. The number of nitrogens with zero attached hydrogens (tertiary/aromatic N) is 1. The van der Waals surface area contributed by atoms with Crippen LogP contribution in [0.5, 0.6) is 11.5 Å². The lowest BCUT2D eigenvalue weighted by Crippen LogP contribution is -1.93. The summed E-state index contributed by atoms with van der Waals surface area (Å²) in [5.74, 6) is 0.715. The highest BCUT2D eigenvalue weighted by atomic mass is 35.5. The minimum absolute atomic E-state index is 0.0182. The van der Waals surface area contributed by atoms with Crippen molar-refractivity contribution in [3.8, 4) is 11.5 Å². The standard InChI is InChI=1S/C14H10ClNO4/c1-9(17)10-2-7-14(13(15)8-10)20-12-5-3-11(4-6-12)16(18)19/h2-8H,1H3. The zero-order chi connectivity index (χ0) is 14.7. The summed E-state index contributed by atoms with van der Waals surface area (Å²) in [5.41, 5.74) is 0.474. The molecule has 0 spiro atoms. The van der Waals surface area contributed by atoms with Gasteiger partial charge in [0.1, 0.15) is 11.5 Å². The van der Waals surface area contributed by atoms with Gasteiger partial charge in [-0.3, -0.25) is 14.9 Å². The van der Waals surface area contributed by atoms with Gasteiger partial charge in [-0.25, -0.2) is 0 Å². The van der Waals surface area contributed by atoms with Crippen LogP contribution in [-0.2, 0) is 0 Å². The van der Waals surface area contributed by atoms with Gasteiger partial charge in [0.15, 0.2) is 5.78 Å². The molecular weight excluding hydrogens is 282 g/mol. The van der Waals surface area contributed by atoms with Gasteiger partial charge in [-0.05, 0) is 37.3 Å². The first-order chi connectivity index (χ1) is 9.47. The van der Waals surface area contributed by atoms with Crippen LogP contribution in [0, 0.1) is 10.1 Å². The van der Waals surface area contributed by atoms with Gasteiger partial charge in [0.2, 0.25) is 0 Å². The molecule has 20 heavy (non-hydrogen) atoms. The Kier molecular flexibility index (Phi) is 4.00. The van der Waals surface area contributed by atoms with Gasteiger partial charge in [0.05, 0.1) is 9.95 Å². The summed E-state index contributed by atoms with van der Waals surface area (Å²) < 4.78 is 5.51. The Balaban J connectivity index is 2.21. The molecule has 0 saturated heterocycles. The Hall–Kier alpha value is -2.40. The smallest absolute Gasteiger partial charge is 0.269 e. The largest absolute Gasteiger partial charge is 0.456 e. The normalized spacial score (nSPS) is 10.1. The zero-order valence-electron chi connectivity index (χ0n) is 10.5. The molecule has 0 aliphatic rings. The van der Waals surface area contributed by atoms with Gasteiger partial charge in [-0.15, -0.1) is 0 Å². The number of ether oxygens (including phenoxy) is 1. The number of nitro groups is 1. The minimum Gasteiger partial charge on any atom is -0.456 e. The molecule has 0 atom stereocenters. The summed E-state index contributed by atoms with van der Waals surface area (Å²) in [7, 11) is 0. The summed E-state index contributed by atoms with van der Waals surface area (Å²) in [6.45, 7) is 1.45. The van der Waals surface area contributed by atoms with Crippen LogP contribution < -0.4 is 4.74 Å². The summed E-state index contributed by atoms with van der Waals surface area (Å²) in [6.07, 6.45) is 0. The van der Waals surface area contributed by atoms with E-state index in [-0.39, 0.29) is 11.5 Å². The minimum atomic E-state index is -0.488. The molecule has 0 N–H and O–H groups in total. The van der Waals surface area contributed by atoms with Crippen molar-refractivity contribution in [2.75, 3.05) is 0 Å². The van der Waals surface area contributed by atoms with E-state index in [0.29, 0.717) is 22.1 Å². The number of hydrogen-bond acceptors (Lipinski definition) is 4. The molecule has 0 fully saturated rings. The van der Waals surface area contributed by atoms with Gasteiger partial charge in [-0.2, -0.15) is 0 Å². The van der Waals surface area contributed by atoms with E-state index in [1.807, 2.05) is 0 Å². The molecule has 0 aliphatic heterocycles. The van der Waals surface area contributed by atoms with Crippen LogP contribution in [-0.4, -0.2) is 10.7 Å². The maximum Gasteiger partial charge on any atom is 0.269 e. The monoisotopic (exact) mass is 291 g/mol. The van der Waals surface area contributed by atoms with E-state index in [1.54, 1.807) is 12.1 Å². The molecule has 0 radical (unpaired) electrons. The Bertz CT molecular complexity index is 667. The number of hydrogen-bond donors (Lipinski definition) is 0. The van der Waals surface area contributed by atoms with Crippen molar-refractivity contribution in [2.24, 2.45) is 0 Å². The van der Waals surface area contributed by atoms with Gasteiger partial charge in [0.25, 0.3) is 5.69 Å². The van der Waals surface area contributed by atoms with E-state index in [4.69, 9.17) is 16.3 Å². The average molecular weight is 292 g/mol. The molecule has 0 saturated carbocycles. The molecule has 6 heteroatoms. The molecule has 2 aromatic rings. The maximum absolute atomic E-state index is 11.2. The van der Waals surface area contributed by atoms with Gasteiger partial charge < -0.3 is 4.74 Å². The molecule has 0 heterocycles. The summed E-state index contributed by atoms with van der Waals surface area (Å²) in [4.78, 5) is 21.3. The Labute approximate surface area is 119 Å². The molecule has 0 aliphatic carbocycles. The van der Waals surface area contributed by atoms with Crippen LogP contribution >= 0.6 is 11.6 Å². The highest BCUT2D eigenvalue weighted by Crippen LogP contribution is 2.31. The molecule has 2 rings (SSSR count). The van der Waals surface area contributed by atoms with Crippen molar-refractivity contribution >= 4 is 23.1 Å². The number of ketones is 1. The fourth-order valence-electron chi connectivity index (χ4n) is 1.57. The third-order valence-corrected chi connectivity index (χ3v) is 2.91. The Morgan fingerprint density at radius 1 is 1.20 bits per heavy atom. The lowest BCUT2D eigenvalue weighted by Gasteiger charge is -2.08. The van der Waals surface area contributed by atoms with Gasteiger partial charge in [-0.1, -0.05) is 11.6 Å². The first-order valence-corrected chi connectivity index (χ1v) is 6.08. The van der Waals surface area contributed by atoms with Crippen LogP contribution in [0.1, 0.15) is 17.3 Å². The molecule has 102 valence electrons. The van der Waals surface area contributed by atoms with Crippen molar-refractivity contribution in [2.45, 2.75) is 6.92 Å². The van der Waals surface area contributed by atoms with Crippen molar-refractivity contribution in [3.05, 3.63) is 63.2 Å². The molecule has 0 bridgehead atoms. The number of halogens is 1. The maximum atomic E-state index is 11.2. The zero-order valence-corrected chi connectivity index (χ0v) is 11.3. The van der Waals surface area contributed by atoms with E-state index in [2.05, 4.69) is 0 Å². The molecule has 0 aromatic heterocycles. The van der Waals surface area contributed by atoms with Crippen LogP contribution in [0.3, 0.4) is 0 Å². The van der Waals surface area contributed by atoms with E-state index in [0.717, 1.165) is 0 Å². The second-order valence-corrected chi connectivity index (χ2v) is 4.46. The average Bonchev–Trinajstić information content (AvgIpc) is 2.41. The van der Waals surface area contributed by atoms with E-state index in [9.17, 15) is 14.9 Å². The molecule has 0 amide bonds. The van der Waals surface area contributed by atoms with Gasteiger partial charge >= 0.3 is 0 Å². The number of benzene rings is 2. The lowest BCUT2D eigenvalue weighted by molar-refractivity contribution is -0.384. The fourth-order valence-corrected chi connectivity index (χ4v) is 1.78. The number of carbonyl (C=O) groups excluding carboxylic acids is 1. The second kappa shape index (κ2) is 5.71. The first kappa shape index (κ1) is 14.0. The van der Waals surface area contributed by atoms with E-state index >= 15 is 0 Å². The van der Waals surface area contributed by atoms with Crippen molar-refractivity contribution in [1.82, 2.24) is 0 Å². The van der Waals surface area contributed by atoms with E-state index < -0.39 is 4.92 Å². The third kappa shape index (κ3) is 3.13. The predicted molar refractivity (Wildman–Crippen MR) is 74.6 cm³/mol. The summed E-state index contributed by atoms with van der Waals surface area (Å²) >= 11 is 6.02. The third-order valence-electron chi connectivity index (χ3n) is 2.61. The summed E-state index contributed by atoms with van der Waals surface area (Å²) in [6, 6.07) is 10.3. The number of rotatable bonds is 4. The van der Waals surface area contributed by atoms with Crippen LogP contribution in [0.4, 0.5) is 5.69 Å². The fraction of sp³-hybridized carbons (Fsp3) is 0.0714. The number of Topliss-reactive ketones (excluding diaryl/α,β-unsaturated/α-hetero) is 1. The second-order valence-electron chi connectivity index (χ2n) is 4.05. The van der Waals surface area contributed by atoms with Crippen LogP contribution in [0.25, 0.3) is 0 Å². The molecular formula is C14H10ClNO4. The summed E-state index contributed by atoms with van der Waals surface area (Å²) in [5, 5.41) is 10.8. The quantitative estimate of drug-likeness (QED) is 0.480. The molecule has 2 aromatic carbocycles. The van der Waals surface area contributed by atoms with Crippen molar-refractivity contribution in [3.63, 3.8) is 0 Å². The van der Waals surface area contributed by atoms with Crippen molar-refractivity contribution in [1.29, 1.82) is 0 Å². The Morgan fingerprint density at radius 3 is 2.35 bits per heavy atom. The predicted octanol–water partition coefficient (Wildman–Crippen LogP) is 4.24. The molecule has 5 nitrogen and oxygen atoms in total. The SMILES string of the molecule is CC(=O)c1ccc(Oc2ccc([N+](=O)[O-])cc2)c(Cl)c1. The molecule has 0 unspecified atom stereocenters. The first-order valence-electron chi connectivity index (χ1n) is 5.70. The number of nitro benzene ring substituents is 1. The van der Waals surface area contributed by atoms with Crippen LogP contribution in [0.2, 0.25) is 5.02 Å². The topological polar surface area (TPSA) is 69.4 Å².